The minimum Gasteiger partial charge on any atom is -0.493 e. The number of nitrogens with zero attached hydrogens (tertiary/aromatic N) is 3. The van der Waals surface area contributed by atoms with Crippen molar-refractivity contribution < 1.29 is 14.3 Å². The van der Waals surface area contributed by atoms with Gasteiger partial charge in [0.25, 0.3) is 0 Å². The Hall–Kier alpha value is -1.79. The second kappa shape index (κ2) is 7.40. The standard InChI is InChI=1S/C18H27N3O3/c1-19-6-8-20(9-7-19)13-18(22)21-5-4-14-10-16(23-2)17(24-3)11-15(14)12-21/h10-11H,4-9,12-13H2,1-3H3. The molecule has 3 rings (SSSR count). The molecule has 0 N–H and O–H groups in total. The Morgan fingerprint density at radius 3 is 2.25 bits per heavy atom. The zero-order chi connectivity index (χ0) is 17.1. The fourth-order valence-electron chi connectivity index (χ4n) is 3.39. The van der Waals surface area contributed by atoms with E-state index in [4.69, 9.17) is 9.47 Å². The predicted molar refractivity (Wildman–Crippen MR) is 92.6 cm³/mol. The molecule has 2 aliphatic heterocycles. The first kappa shape index (κ1) is 17.0. The van der Waals surface area contributed by atoms with Gasteiger partial charge >= 0.3 is 0 Å². The van der Waals surface area contributed by atoms with E-state index in [9.17, 15) is 4.79 Å². The average molecular weight is 333 g/mol. The molecule has 2 aliphatic rings. The number of hydrogen-bond donors (Lipinski definition) is 0. The third-order valence-electron chi connectivity index (χ3n) is 5.03. The molecular weight excluding hydrogens is 306 g/mol. The van der Waals surface area contributed by atoms with Crippen LogP contribution in [0.3, 0.4) is 0 Å². The van der Waals surface area contributed by atoms with Gasteiger partial charge in [-0.25, -0.2) is 0 Å². The number of methoxy groups -OCH3 is 2. The van der Waals surface area contributed by atoms with E-state index in [2.05, 4.69) is 16.8 Å². The number of fused-ring (bicyclic) bond motifs is 1. The van der Waals surface area contributed by atoms with E-state index >= 15 is 0 Å². The topological polar surface area (TPSA) is 45.3 Å². The zero-order valence-electron chi connectivity index (χ0n) is 14.9. The Labute approximate surface area is 143 Å². The van der Waals surface area contributed by atoms with Gasteiger partial charge in [0.2, 0.25) is 5.91 Å². The molecule has 0 unspecified atom stereocenters. The highest BCUT2D eigenvalue weighted by Crippen LogP contribution is 2.33. The van der Waals surface area contributed by atoms with Crippen LogP contribution in [0, 0.1) is 0 Å². The molecule has 0 saturated carbocycles. The normalized spacial score (nSPS) is 19.0. The molecule has 1 aromatic rings. The highest BCUT2D eigenvalue weighted by molar-refractivity contribution is 5.78. The van der Waals surface area contributed by atoms with E-state index in [0.29, 0.717) is 13.1 Å². The molecular formula is C18H27N3O3. The van der Waals surface area contributed by atoms with E-state index in [1.807, 2.05) is 17.0 Å². The van der Waals surface area contributed by atoms with Crippen molar-refractivity contribution in [2.75, 3.05) is 60.5 Å². The number of rotatable bonds is 4. The summed E-state index contributed by atoms with van der Waals surface area (Å²) in [6.45, 7) is 5.96. The molecule has 6 nitrogen and oxygen atoms in total. The first-order valence-corrected chi connectivity index (χ1v) is 8.53. The molecule has 0 spiro atoms. The van der Waals surface area contributed by atoms with Gasteiger partial charge in [-0.2, -0.15) is 0 Å². The minimum atomic E-state index is 0.222. The molecule has 0 radical (unpaired) electrons. The molecule has 0 atom stereocenters. The van der Waals surface area contributed by atoms with Gasteiger partial charge in [-0.05, 0) is 36.7 Å². The van der Waals surface area contributed by atoms with Gasteiger partial charge in [-0.15, -0.1) is 0 Å². The first-order valence-electron chi connectivity index (χ1n) is 8.53. The third kappa shape index (κ3) is 3.65. The Kier molecular flexibility index (Phi) is 5.26. The molecule has 2 heterocycles. The largest absolute Gasteiger partial charge is 0.493 e. The number of likely N-dealkylation sites (N-methyl/N-ethyl adjacent to an activating group) is 1. The lowest BCUT2D eigenvalue weighted by molar-refractivity contribution is -0.133. The number of benzene rings is 1. The van der Waals surface area contributed by atoms with Crippen molar-refractivity contribution in [1.82, 2.24) is 14.7 Å². The molecule has 1 aromatic carbocycles. The molecule has 1 fully saturated rings. The van der Waals surface area contributed by atoms with Gasteiger partial charge in [0.15, 0.2) is 11.5 Å². The van der Waals surface area contributed by atoms with Crippen molar-refractivity contribution in [3.63, 3.8) is 0 Å². The minimum absolute atomic E-state index is 0.222. The summed E-state index contributed by atoms with van der Waals surface area (Å²) in [5.41, 5.74) is 2.40. The van der Waals surface area contributed by atoms with Crippen molar-refractivity contribution in [2.24, 2.45) is 0 Å². The van der Waals surface area contributed by atoms with Crippen LogP contribution < -0.4 is 9.47 Å². The Balaban J connectivity index is 1.64. The van der Waals surface area contributed by atoms with Gasteiger partial charge < -0.3 is 19.3 Å². The summed E-state index contributed by atoms with van der Waals surface area (Å²) >= 11 is 0. The van der Waals surface area contributed by atoms with Gasteiger partial charge in [-0.1, -0.05) is 0 Å². The van der Waals surface area contributed by atoms with Crippen molar-refractivity contribution in [3.8, 4) is 11.5 Å². The molecule has 132 valence electrons. The summed E-state index contributed by atoms with van der Waals surface area (Å²) in [4.78, 5) is 19.2. The van der Waals surface area contributed by atoms with Crippen molar-refractivity contribution in [1.29, 1.82) is 0 Å². The smallest absolute Gasteiger partial charge is 0.237 e. The van der Waals surface area contributed by atoms with Crippen LogP contribution in [-0.2, 0) is 17.8 Å². The summed E-state index contributed by atoms with van der Waals surface area (Å²) in [5, 5.41) is 0. The van der Waals surface area contributed by atoms with Crippen LogP contribution in [0.4, 0.5) is 0 Å². The van der Waals surface area contributed by atoms with E-state index in [-0.39, 0.29) is 5.91 Å². The maximum atomic E-state index is 12.6. The summed E-state index contributed by atoms with van der Waals surface area (Å²) < 4.78 is 10.8. The second-order valence-corrected chi connectivity index (χ2v) is 6.62. The van der Waals surface area contributed by atoms with Crippen LogP contribution in [0.1, 0.15) is 11.1 Å². The SMILES string of the molecule is COc1cc2c(cc1OC)CN(C(=O)CN1CCN(C)CC1)CC2. The lowest BCUT2D eigenvalue weighted by atomic mass is 9.98. The third-order valence-corrected chi connectivity index (χ3v) is 5.03. The van der Waals surface area contributed by atoms with Crippen molar-refractivity contribution in [3.05, 3.63) is 23.3 Å². The lowest BCUT2D eigenvalue weighted by Crippen LogP contribution is -2.49. The first-order chi connectivity index (χ1) is 11.6. The van der Waals surface area contributed by atoms with E-state index in [1.165, 1.54) is 5.56 Å². The van der Waals surface area contributed by atoms with Crippen molar-refractivity contribution in [2.45, 2.75) is 13.0 Å². The monoisotopic (exact) mass is 333 g/mol. The van der Waals surface area contributed by atoms with Crippen LogP contribution in [0.25, 0.3) is 0 Å². The van der Waals surface area contributed by atoms with Gasteiger partial charge in [-0.3, -0.25) is 9.69 Å². The van der Waals surface area contributed by atoms with E-state index in [1.54, 1.807) is 14.2 Å². The van der Waals surface area contributed by atoms with Crippen LogP contribution >= 0.6 is 0 Å². The van der Waals surface area contributed by atoms with Crippen LogP contribution in [-0.4, -0.2) is 81.1 Å². The number of piperazine rings is 1. The maximum absolute atomic E-state index is 12.6. The summed E-state index contributed by atoms with van der Waals surface area (Å²) in [7, 11) is 5.42. The Morgan fingerprint density at radius 2 is 1.62 bits per heavy atom. The number of carbonyl (C=O) groups excluding carboxylic acids is 1. The number of hydrogen-bond acceptors (Lipinski definition) is 5. The zero-order valence-corrected chi connectivity index (χ0v) is 14.9. The van der Waals surface area contributed by atoms with Gasteiger partial charge in [0.05, 0.1) is 20.8 Å². The van der Waals surface area contributed by atoms with Crippen LogP contribution in [0.15, 0.2) is 12.1 Å². The fraction of sp³-hybridized carbons (Fsp3) is 0.611. The number of carbonyl (C=O) groups is 1. The van der Waals surface area contributed by atoms with E-state index in [0.717, 1.165) is 56.2 Å². The molecule has 0 bridgehead atoms. The maximum Gasteiger partial charge on any atom is 0.237 e. The fourth-order valence-corrected chi connectivity index (χ4v) is 3.39. The van der Waals surface area contributed by atoms with Gasteiger partial charge in [0.1, 0.15) is 0 Å². The summed E-state index contributed by atoms with van der Waals surface area (Å²) in [6.07, 6.45) is 0.865. The highest BCUT2D eigenvalue weighted by Gasteiger charge is 2.25. The van der Waals surface area contributed by atoms with Crippen LogP contribution in [0.5, 0.6) is 11.5 Å². The molecule has 6 heteroatoms. The highest BCUT2D eigenvalue weighted by atomic mass is 16.5. The molecule has 1 saturated heterocycles. The quantitative estimate of drug-likeness (QED) is 0.817. The van der Waals surface area contributed by atoms with Gasteiger partial charge in [0, 0.05) is 39.3 Å². The molecule has 0 aliphatic carbocycles. The van der Waals surface area contributed by atoms with Crippen LogP contribution in [0.2, 0.25) is 0 Å². The number of ether oxygens (including phenoxy) is 2. The second-order valence-electron chi connectivity index (χ2n) is 6.62. The Morgan fingerprint density at radius 1 is 1.00 bits per heavy atom. The Bertz CT molecular complexity index is 597. The molecule has 1 amide bonds. The molecule has 0 aromatic heterocycles. The number of amides is 1. The lowest BCUT2D eigenvalue weighted by Gasteiger charge is -2.35. The van der Waals surface area contributed by atoms with E-state index < -0.39 is 0 Å². The summed E-state index contributed by atoms with van der Waals surface area (Å²) in [6, 6.07) is 4.04. The summed E-state index contributed by atoms with van der Waals surface area (Å²) in [5.74, 6) is 1.71. The van der Waals surface area contributed by atoms with Crippen molar-refractivity contribution >= 4 is 5.91 Å². The molecule has 24 heavy (non-hydrogen) atoms. The predicted octanol–water partition coefficient (Wildman–Crippen LogP) is 0.836. The average Bonchev–Trinajstić information content (AvgIpc) is 2.61.